The monoisotopic (exact) mass is 270 g/mol. The Balaban J connectivity index is 0.000000165. The zero-order valence-electron chi connectivity index (χ0n) is 11.5. The summed E-state index contributed by atoms with van der Waals surface area (Å²) in [7, 11) is 0. The summed E-state index contributed by atoms with van der Waals surface area (Å²) in [6, 6.07) is 8.65. The lowest BCUT2D eigenvalue weighted by molar-refractivity contribution is 0.0753. The Hall–Kier alpha value is -1.85. The van der Waals surface area contributed by atoms with Crippen molar-refractivity contribution >= 4 is 0 Å². The first-order valence-corrected chi connectivity index (χ1v) is 6.97. The van der Waals surface area contributed by atoms with Crippen molar-refractivity contribution in [2.45, 2.75) is 19.4 Å². The van der Waals surface area contributed by atoms with E-state index < -0.39 is 0 Å². The summed E-state index contributed by atoms with van der Waals surface area (Å²) in [5.74, 6) is 0.787. The summed E-state index contributed by atoms with van der Waals surface area (Å²) in [6.45, 7) is 4.33. The second-order valence-corrected chi connectivity index (χ2v) is 4.81. The first-order valence-electron chi connectivity index (χ1n) is 6.97. The minimum absolute atomic E-state index is 0.171. The molecule has 1 saturated heterocycles. The molecule has 1 atom stereocenters. The summed E-state index contributed by atoms with van der Waals surface area (Å²) in [4.78, 5) is 4.40. The molecule has 104 valence electrons. The third-order valence-electron chi connectivity index (χ3n) is 3.33. The molecule has 0 aromatic carbocycles. The van der Waals surface area contributed by atoms with Gasteiger partial charge < -0.3 is 10.1 Å². The van der Waals surface area contributed by atoms with Crippen LogP contribution in [0.2, 0.25) is 0 Å². The van der Waals surface area contributed by atoms with Gasteiger partial charge in [0.25, 0.3) is 0 Å². The van der Waals surface area contributed by atoms with Gasteiger partial charge in [-0.25, -0.2) is 4.98 Å². The van der Waals surface area contributed by atoms with Crippen molar-refractivity contribution in [1.82, 2.24) is 20.5 Å². The highest BCUT2D eigenvalue weighted by Crippen LogP contribution is 2.32. The summed E-state index contributed by atoms with van der Waals surface area (Å²) in [6.07, 6.45) is 2.51. The highest BCUT2D eigenvalue weighted by Gasteiger charge is 2.17. The van der Waals surface area contributed by atoms with E-state index in [2.05, 4.69) is 44.8 Å². The van der Waals surface area contributed by atoms with Crippen molar-refractivity contribution in [3.63, 3.8) is 0 Å². The minimum atomic E-state index is 0.171. The molecule has 1 N–H and O–H groups in total. The fourth-order valence-corrected chi connectivity index (χ4v) is 2.10. The number of nitrogens with zero attached hydrogens (tertiary/aromatic N) is 3. The fraction of sp³-hybridized carbons (Fsp3) is 0.400. The molecule has 0 bridgehead atoms. The van der Waals surface area contributed by atoms with Gasteiger partial charge in [-0.15, -0.1) is 5.10 Å². The normalized spacial score (nSPS) is 18.9. The summed E-state index contributed by atoms with van der Waals surface area (Å²) >= 11 is 0. The first-order chi connectivity index (χ1) is 9.86. The van der Waals surface area contributed by atoms with Crippen LogP contribution in [0.5, 0.6) is 0 Å². The van der Waals surface area contributed by atoms with Gasteiger partial charge in [-0.3, -0.25) is 0 Å². The van der Waals surface area contributed by atoms with Gasteiger partial charge in [0, 0.05) is 13.0 Å². The maximum Gasteiger partial charge on any atom is 0.150 e. The van der Waals surface area contributed by atoms with Crippen LogP contribution in [0.4, 0.5) is 0 Å². The van der Waals surface area contributed by atoms with Crippen LogP contribution in [0.1, 0.15) is 24.5 Å². The van der Waals surface area contributed by atoms with Gasteiger partial charge >= 0.3 is 0 Å². The van der Waals surface area contributed by atoms with Crippen molar-refractivity contribution in [1.29, 1.82) is 0 Å². The number of ether oxygens (including phenoxy) is 1. The predicted octanol–water partition coefficient (Wildman–Crippen LogP) is 1.76. The molecule has 1 unspecified atom stereocenters. The fourth-order valence-electron chi connectivity index (χ4n) is 2.10. The number of aromatic nitrogens is 3. The average molecular weight is 270 g/mol. The SMILES string of the molecule is CCc1nncc(C2COCCN2)n1.c1cc2cc-2c1. The molecule has 1 aromatic heterocycles. The number of fused-ring (bicyclic) bond motifs is 1. The van der Waals surface area contributed by atoms with Gasteiger partial charge in [-0.2, -0.15) is 5.10 Å². The van der Waals surface area contributed by atoms with Crippen molar-refractivity contribution in [2.75, 3.05) is 19.8 Å². The Kier molecular flexibility index (Phi) is 3.99. The van der Waals surface area contributed by atoms with E-state index >= 15 is 0 Å². The van der Waals surface area contributed by atoms with E-state index in [0.717, 1.165) is 31.1 Å². The van der Waals surface area contributed by atoms with E-state index in [9.17, 15) is 0 Å². The van der Waals surface area contributed by atoms with Crippen LogP contribution in [0.25, 0.3) is 11.1 Å². The minimum Gasteiger partial charge on any atom is -0.378 e. The lowest BCUT2D eigenvalue weighted by Gasteiger charge is -2.22. The van der Waals surface area contributed by atoms with Crippen LogP contribution >= 0.6 is 0 Å². The topological polar surface area (TPSA) is 59.9 Å². The highest BCUT2D eigenvalue weighted by atomic mass is 16.5. The molecule has 2 heterocycles. The van der Waals surface area contributed by atoms with E-state index in [1.165, 1.54) is 11.1 Å². The molecule has 0 radical (unpaired) electrons. The van der Waals surface area contributed by atoms with Crippen LogP contribution in [0.3, 0.4) is 0 Å². The van der Waals surface area contributed by atoms with Crippen LogP contribution in [0.15, 0.2) is 30.5 Å². The molecular formula is C15H18N4O. The Labute approximate surface area is 118 Å². The molecule has 20 heavy (non-hydrogen) atoms. The van der Waals surface area contributed by atoms with Crippen LogP contribution < -0.4 is 5.32 Å². The molecule has 5 heteroatoms. The molecule has 2 aliphatic carbocycles. The van der Waals surface area contributed by atoms with E-state index in [4.69, 9.17) is 4.74 Å². The number of nitrogens with one attached hydrogen (secondary N) is 1. The molecule has 0 spiro atoms. The number of benzene rings is 1. The summed E-state index contributed by atoms with van der Waals surface area (Å²) in [5.41, 5.74) is 3.78. The zero-order chi connectivity index (χ0) is 13.8. The van der Waals surface area contributed by atoms with Crippen LogP contribution in [0, 0.1) is 0 Å². The van der Waals surface area contributed by atoms with E-state index in [1.807, 2.05) is 6.92 Å². The van der Waals surface area contributed by atoms with E-state index in [1.54, 1.807) is 6.20 Å². The average Bonchev–Trinajstić information content (AvgIpc) is 3.14. The smallest absolute Gasteiger partial charge is 0.150 e. The molecule has 0 amide bonds. The number of morpholine rings is 1. The lowest BCUT2D eigenvalue weighted by Crippen LogP contribution is -2.35. The number of rotatable bonds is 2. The maximum absolute atomic E-state index is 5.36. The molecule has 5 nitrogen and oxygen atoms in total. The Morgan fingerprint density at radius 2 is 2.20 bits per heavy atom. The largest absolute Gasteiger partial charge is 0.378 e. The van der Waals surface area contributed by atoms with Crippen molar-refractivity contribution < 1.29 is 4.74 Å². The Morgan fingerprint density at radius 1 is 1.35 bits per heavy atom. The van der Waals surface area contributed by atoms with Crippen LogP contribution in [-0.4, -0.2) is 34.9 Å². The quantitative estimate of drug-likeness (QED) is 0.769. The van der Waals surface area contributed by atoms with Gasteiger partial charge in [0.1, 0.15) is 0 Å². The third-order valence-corrected chi connectivity index (χ3v) is 3.33. The number of aryl methyl sites for hydroxylation is 1. The molecular weight excluding hydrogens is 252 g/mol. The van der Waals surface area contributed by atoms with Crippen molar-refractivity contribution in [3.05, 3.63) is 42.0 Å². The van der Waals surface area contributed by atoms with Crippen LogP contribution in [-0.2, 0) is 11.2 Å². The zero-order valence-corrected chi connectivity index (χ0v) is 11.5. The van der Waals surface area contributed by atoms with Gasteiger partial charge in [0.15, 0.2) is 5.82 Å². The first kappa shape index (κ1) is 13.1. The van der Waals surface area contributed by atoms with Gasteiger partial charge in [0.05, 0.1) is 31.1 Å². The van der Waals surface area contributed by atoms with Crippen molar-refractivity contribution in [2.24, 2.45) is 0 Å². The Bertz CT molecular complexity index is 564. The second kappa shape index (κ2) is 6.07. The molecule has 3 aliphatic rings. The van der Waals surface area contributed by atoms with Gasteiger partial charge in [0.2, 0.25) is 0 Å². The standard InChI is InChI=1S/C9H14N4O.C6H4/c1-2-9-12-7(5-11-13-9)8-6-14-4-3-10-8;1-2-5-4-6(5)3-1/h5,8,10H,2-4,6H2,1H3;1-4H. The lowest BCUT2D eigenvalue weighted by atomic mass is 10.2. The second-order valence-electron chi connectivity index (χ2n) is 4.81. The molecule has 1 aliphatic heterocycles. The molecule has 1 aromatic rings. The molecule has 4 rings (SSSR count). The third kappa shape index (κ3) is 3.18. The molecule has 1 fully saturated rings. The maximum atomic E-state index is 5.36. The predicted molar refractivity (Wildman–Crippen MR) is 76.2 cm³/mol. The van der Waals surface area contributed by atoms with E-state index in [-0.39, 0.29) is 6.04 Å². The summed E-state index contributed by atoms with van der Waals surface area (Å²) in [5, 5.41) is 11.2. The number of hydrogen-bond acceptors (Lipinski definition) is 5. The number of hydrogen-bond donors (Lipinski definition) is 1. The Morgan fingerprint density at radius 3 is 2.75 bits per heavy atom. The van der Waals surface area contributed by atoms with Gasteiger partial charge in [-0.05, 0) is 17.2 Å². The molecule has 0 saturated carbocycles. The van der Waals surface area contributed by atoms with Crippen molar-refractivity contribution in [3.8, 4) is 11.1 Å². The van der Waals surface area contributed by atoms with Gasteiger partial charge in [-0.1, -0.05) is 25.1 Å². The summed E-state index contributed by atoms with van der Waals surface area (Å²) < 4.78 is 5.36. The highest BCUT2D eigenvalue weighted by molar-refractivity contribution is 5.80. The van der Waals surface area contributed by atoms with E-state index in [0.29, 0.717) is 6.61 Å².